The minimum atomic E-state index is -0.280. The lowest BCUT2D eigenvalue weighted by atomic mass is 10.1. The fourth-order valence-corrected chi connectivity index (χ4v) is 2.22. The zero-order valence-electron chi connectivity index (χ0n) is 12.1. The first-order chi connectivity index (χ1) is 9.65. The van der Waals surface area contributed by atoms with Gasteiger partial charge in [0, 0.05) is 13.1 Å². The molecule has 0 aliphatic heterocycles. The summed E-state index contributed by atoms with van der Waals surface area (Å²) in [6, 6.07) is 5.78. The molecule has 0 unspecified atom stereocenters. The molecule has 1 aliphatic carbocycles. The molecule has 5 nitrogen and oxygen atoms in total. The van der Waals surface area contributed by atoms with Crippen molar-refractivity contribution in [3.63, 3.8) is 0 Å². The number of amides is 1. The van der Waals surface area contributed by atoms with Crippen LogP contribution in [0.25, 0.3) is 0 Å². The molecule has 0 heterocycles. The first kappa shape index (κ1) is 14.7. The number of nitrogens with two attached hydrogens (primary N) is 1. The molecule has 0 saturated heterocycles. The summed E-state index contributed by atoms with van der Waals surface area (Å²) in [6.45, 7) is 1.05. The van der Waals surface area contributed by atoms with Gasteiger partial charge >= 0.3 is 0 Å². The first-order valence-electron chi connectivity index (χ1n) is 6.84. The zero-order valence-corrected chi connectivity index (χ0v) is 12.1. The monoisotopic (exact) mass is 278 g/mol. The largest absolute Gasteiger partial charge is 0.493 e. The minimum absolute atomic E-state index is 0.0838. The van der Waals surface area contributed by atoms with Crippen molar-refractivity contribution < 1.29 is 14.3 Å². The number of hydrogen-bond donors (Lipinski definition) is 2. The van der Waals surface area contributed by atoms with Crippen LogP contribution in [0.15, 0.2) is 18.2 Å². The molecular weight excluding hydrogens is 256 g/mol. The average molecular weight is 278 g/mol. The smallest absolute Gasteiger partial charge is 0.227 e. The summed E-state index contributed by atoms with van der Waals surface area (Å²) in [5.74, 6) is 1.50. The topological polar surface area (TPSA) is 73.6 Å². The van der Waals surface area contributed by atoms with Crippen LogP contribution >= 0.6 is 0 Å². The van der Waals surface area contributed by atoms with Crippen LogP contribution in [0.2, 0.25) is 0 Å². The fraction of sp³-hybridized carbons (Fsp3) is 0.533. The minimum Gasteiger partial charge on any atom is -0.493 e. The molecular formula is C15H22N2O3. The van der Waals surface area contributed by atoms with Gasteiger partial charge in [0.05, 0.1) is 19.6 Å². The summed E-state index contributed by atoms with van der Waals surface area (Å²) in [5.41, 5.74) is 6.45. The average Bonchev–Trinajstić information content (AvgIpc) is 3.28. The molecule has 20 heavy (non-hydrogen) atoms. The maximum Gasteiger partial charge on any atom is 0.227 e. The lowest BCUT2D eigenvalue weighted by molar-refractivity contribution is -0.125. The van der Waals surface area contributed by atoms with Gasteiger partial charge in [-0.2, -0.15) is 0 Å². The van der Waals surface area contributed by atoms with Crippen molar-refractivity contribution in [3.8, 4) is 11.5 Å². The van der Waals surface area contributed by atoms with E-state index in [9.17, 15) is 4.79 Å². The molecule has 1 amide bonds. The highest BCUT2D eigenvalue weighted by Crippen LogP contribution is 2.44. The van der Waals surface area contributed by atoms with Gasteiger partial charge in [-0.3, -0.25) is 4.79 Å². The van der Waals surface area contributed by atoms with Crippen LogP contribution in [-0.2, 0) is 11.2 Å². The standard InChI is InChI=1S/C15H22N2O3/c1-19-12-4-3-11(9-13(12)20-2)5-8-17-14(18)15(10-16)6-7-15/h3-4,9H,5-8,10,16H2,1-2H3,(H,17,18). The first-order valence-corrected chi connectivity index (χ1v) is 6.84. The van der Waals surface area contributed by atoms with Gasteiger partial charge in [0.15, 0.2) is 11.5 Å². The van der Waals surface area contributed by atoms with Crippen LogP contribution < -0.4 is 20.5 Å². The van der Waals surface area contributed by atoms with E-state index in [1.165, 1.54) is 0 Å². The predicted octanol–water partition coefficient (Wildman–Crippen LogP) is 1.10. The van der Waals surface area contributed by atoms with E-state index in [0.717, 1.165) is 24.8 Å². The Hall–Kier alpha value is -1.75. The van der Waals surface area contributed by atoms with Crippen molar-refractivity contribution in [1.29, 1.82) is 0 Å². The molecule has 1 saturated carbocycles. The lowest BCUT2D eigenvalue weighted by Crippen LogP contribution is -2.37. The van der Waals surface area contributed by atoms with Gasteiger partial charge in [-0.1, -0.05) is 6.07 Å². The normalized spacial score (nSPS) is 15.6. The number of hydrogen-bond acceptors (Lipinski definition) is 4. The maximum atomic E-state index is 11.9. The van der Waals surface area contributed by atoms with Crippen molar-refractivity contribution in [2.24, 2.45) is 11.1 Å². The van der Waals surface area contributed by atoms with Gasteiger partial charge in [-0.15, -0.1) is 0 Å². The van der Waals surface area contributed by atoms with Gasteiger partial charge in [-0.05, 0) is 37.0 Å². The summed E-state index contributed by atoms with van der Waals surface area (Å²) in [4.78, 5) is 11.9. The molecule has 0 spiro atoms. The van der Waals surface area contributed by atoms with E-state index in [1.54, 1.807) is 14.2 Å². The van der Waals surface area contributed by atoms with E-state index in [-0.39, 0.29) is 11.3 Å². The zero-order chi connectivity index (χ0) is 14.6. The molecule has 5 heteroatoms. The fourth-order valence-electron chi connectivity index (χ4n) is 2.22. The number of rotatable bonds is 7. The molecule has 2 rings (SSSR count). The van der Waals surface area contributed by atoms with Crippen molar-refractivity contribution in [2.45, 2.75) is 19.3 Å². The quantitative estimate of drug-likeness (QED) is 0.783. The third-order valence-corrected chi connectivity index (χ3v) is 3.87. The van der Waals surface area contributed by atoms with Crippen molar-refractivity contribution in [2.75, 3.05) is 27.3 Å². The number of methoxy groups -OCH3 is 2. The SMILES string of the molecule is COc1ccc(CCNC(=O)C2(CN)CC2)cc1OC. The molecule has 0 aromatic heterocycles. The Morgan fingerprint density at radius 2 is 2.00 bits per heavy atom. The molecule has 0 radical (unpaired) electrons. The summed E-state index contributed by atoms with van der Waals surface area (Å²) in [6.07, 6.45) is 2.57. The molecule has 1 aliphatic rings. The van der Waals surface area contributed by atoms with E-state index in [2.05, 4.69) is 5.32 Å². The number of ether oxygens (including phenoxy) is 2. The molecule has 3 N–H and O–H groups in total. The highest BCUT2D eigenvalue weighted by Gasteiger charge is 2.48. The summed E-state index contributed by atoms with van der Waals surface area (Å²) >= 11 is 0. The number of carbonyl (C=O) groups is 1. The van der Waals surface area contributed by atoms with Crippen LogP contribution in [0.1, 0.15) is 18.4 Å². The summed E-state index contributed by atoms with van der Waals surface area (Å²) in [5, 5.41) is 2.96. The van der Waals surface area contributed by atoms with Gasteiger partial charge in [0.2, 0.25) is 5.91 Å². The van der Waals surface area contributed by atoms with Crippen LogP contribution in [-0.4, -0.2) is 33.2 Å². The highest BCUT2D eigenvalue weighted by molar-refractivity contribution is 5.85. The Morgan fingerprint density at radius 3 is 2.55 bits per heavy atom. The van der Waals surface area contributed by atoms with E-state index in [4.69, 9.17) is 15.2 Å². The van der Waals surface area contributed by atoms with Crippen LogP contribution in [0, 0.1) is 5.41 Å². The third kappa shape index (κ3) is 3.04. The summed E-state index contributed by atoms with van der Waals surface area (Å²) in [7, 11) is 3.22. The van der Waals surface area contributed by atoms with E-state index in [0.29, 0.717) is 24.6 Å². The van der Waals surface area contributed by atoms with Crippen LogP contribution in [0.3, 0.4) is 0 Å². The van der Waals surface area contributed by atoms with Crippen molar-refractivity contribution in [3.05, 3.63) is 23.8 Å². The molecule has 0 bridgehead atoms. The van der Waals surface area contributed by atoms with Crippen molar-refractivity contribution in [1.82, 2.24) is 5.32 Å². The second-order valence-corrected chi connectivity index (χ2v) is 5.18. The third-order valence-electron chi connectivity index (χ3n) is 3.87. The predicted molar refractivity (Wildman–Crippen MR) is 77.0 cm³/mol. The molecule has 1 fully saturated rings. The Labute approximate surface area is 119 Å². The number of carbonyl (C=O) groups excluding carboxylic acids is 1. The number of benzene rings is 1. The van der Waals surface area contributed by atoms with Gasteiger partial charge in [0.1, 0.15) is 0 Å². The van der Waals surface area contributed by atoms with E-state index < -0.39 is 0 Å². The Bertz CT molecular complexity index is 484. The van der Waals surface area contributed by atoms with Gasteiger partial charge in [0.25, 0.3) is 0 Å². The van der Waals surface area contributed by atoms with E-state index in [1.807, 2.05) is 18.2 Å². The van der Waals surface area contributed by atoms with Crippen LogP contribution in [0.5, 0.6) is 11.5 Å². The Kier molecular flexibility index (Phi) is 4.49. The molecule has 1 aromatic rings. The second-order valence-electron chi connectivity index (χ2n) is 5.18. The second kappa shape index (κ2) is 6.13. The molecule has 0 atom stereocenters. The highest BCUT2D eigenvalue weighted by atomic mass is 16.5. The van der Waals surface area contributed by atoms with Crippen LogP contribution in [0.4, 0.5) is 0 Å². The maximum absolute atomic E-state index is 11.9. The van der Waals surface area contributed by atoms with Gasteiger partial charge in [-0.25, -0.2) is 0 Å². The molecule has 110 valence electrons. The Morgan fingerprint density at radius 1 is 1.30 bits per heavy atom. The summed E-state index contributed by atoms with van der Waals surface area (Å²) < 4.78 is 10.4. The van der Waals surface area contributed by atoms with Crippen molar-refractivity contribution >= 4 is 5.91 Å². The van der Waals surface area contributed by atoms with E-state index >= 15 is 0 Å². The molecule has 1 aromatic carbocycles. The van der Waals surface area contributed by atoms with Gasteiger partial charge < -0.3 is 20.5 Å². The Balaban J connectivity index is 1.86. The number of nitrogens with one attached hydrogen (secondary N) is 1. The lowest BCUT2D eigenvalue weighted by Gasteiger charge is -2.13.